The molecular weight excluding hydrogens is 370 g/mol. The molecular formula is C22H35N3O4. The SMILES string of the molecule is CCOC(=O)C1CCCN(C(=NC)NCCc2ccc(OCC)c(OCC)c2)C1. The molecule has 1 aliphatic heterocycles. The van der Waals surface area contributed by atoms with Crippen LogP contribution in [0.1, 0.15) is 39.2 Å². The van der Waals surface area contributed by atoms with Crippen molar-refractivity contribution in [2.75, 3.05) is 46.5 Å². The van der Waals surface area contributed by atoms with Crippen LogP contribution in [0.15, 0.2) is 23.2 Å². The Kier molecular flexibility index (Phi) is 9.60. The van der Waals surface area contributed by atoms with E-state index in [1.165, 1.54) is 5.56 Å². The Balaban J connectivity index is 1.91. The first-order chi connectivity index (χ1) is 14.1. The van der Waals surface area contributed by atoms with Gasteiger partial charge in [0.1, 0.15) is 0 Å². The molecule has 1 aromatic rings. The molecule has 0 saturated carbocycles. The molecule has 2 rings (SSSR count). The van der Waals surface area contributed by atoms with Crippen LogP contribution >= 0.6 is 0 Å². The second kappa shape index (κ2) is 12.2. The summed E-state index contributed by atoms with van der Waals surface area (Å²) in [6.45, 7) is 9.70. The standard InChI is InChI=1S/C22H35N3O4/c1-5-27-19-11-10-17(15-20(19)28-6-2)12-13-24-22(23-4)25-14-8-9-18(16-25)21(26)29-7-3/h10-11,15,18H,5-9,12-14,16H2,1-4H3,(H,23,24). The van der Waals surface area contributed by atoms with Gasteiger partial charge in [-0.1, -0.05) is 6.07 Å². The molecule has 0 radical (unpaired) electrons. The molecule has 7 nitrogen and oxygen atoms in total. The highest BCUT2D eigenvalue weighted by Crippen LogP contribution is 2.28. The molecule has 0 bridgehead atoms. The van der Waals surface area contributed by atoms with Crippen molar-refractivity contribution in [2.45, 2.75) is 40.0 Å². The van der Waals surface area contributed by atoms with Crippen LogP contribution in [-0.2, 0) is 16.0 Å². The van der Waals surface area contributed by atoms with Gasteiger partial charge in [0.15, 0.2) is 17.5 Å². The van der Waals surface area contributed by atoms with Gasteiger partial charge >= 0.3 is 5.97 Å². The zero-order valence-corrected chi connectivity index (χ0v) is 18.2. The third kappa shape index (κ3) is 6.84. The number of nitrogens with one attached hydrogen (secondary N) is 1. The van der Waals surface area contributed by atoms with Crippen LogP contribution in [0.5, 0.6) is 11.5 Å². The maximum Gasteiger partial charge on any atom is 0.310 e. The number of piperidine rings is 1. The summed E-state index contributed by atoms with van der Waals surface area (Å²) in [6.07, 6.45) is 2.67. The van der Waals surface area contributed by atoms with Crippen molar-refractivity contribution in [2.24, 2.45) is 10.9 Å². The molecule has 0 spiro atoms. The van der Waals surface area contributed by atoms with E-state index in [2.05, 4.69) is 21.3 Å². The Morgan fingerprint density at radius 1 is 1.17 bits per heavy atom. The summed E-state index contributed by atoms with van der Waals surface area (Å²) in [5.74, 6) is 2.20. The average Bonchev–Trinajstić information content (AvgIpc) is 2.73. The third-order valence-corrected chi connectivity index (χ3v) is 4.86. The van der Waals surface area contributed by atoms with Gasteiger partial charge in [0, 0.05) is 26.7 Å². The van der Waals surface area contributed by atoms with E-state index in [0.717, 1.165) is 49.8 Å². The molecule has 1 aliphatic rings. The van der Waals surface area contributed by atoms with E-state index in [4.69, 9.17) is 14.2 Å². The van der Waals surface area contributed by atoms with Crippen molar-refractivity contribution in [3.05, 3.63) is 23.8 Å². The van der Waals surface area contributed by atoms with Gasteiger partial charge in [-0.05, 0) is 57.7 Å². The van der Waals surface area contributed by atoms with Crippen LogP contribution in [0.3, 0.4) is 0 Å². The molecule has 0 amide bonds. The minimum Gasteiger partial charge on any atom is -0.490 e. The molecule has 1 atom stereocenters. The zero-order chi connectivity index (χ0) is 21.1. The zero-order valence-electron chi connectivity index (χ0n) is 18.2. The first kappa shape index (κ1) is 22.8. The van der Waals surface area contributed by atoms with Crippen LogP contribution in [0, 0.1) is 5.92 Å². The molecule has 1 saturated heterocycles. The minimum absolute atomic E-state index is 0.0814. The number of carbonyl (C=O) groups excluding carboxylic acids is 1. The van der Waals surface area contributed by atoms with Gasteiger partial charge in [0.05, 0.1) is 25.7 Å². The molecule has 1 fully saturated rings. The molecule has 7 heteroatoms. The Labute approximate surface area is 174 Å². The van der Waals surface area contributed by atoms with Crippen molar-refractivity contribution >= 4 is 11.9 Å². The number of likely N-dealkylation sites (tertiary alicyclic amines) is 1. The lowest BCUT2D eigenvalue weighted by Crippen LogP contribution is -2.48. The summed E-state index contributed by atoms with van der Waals surface area (Å²) >= 11 is 0. The monoisotopic (exact) mass is 405 g/mol. The van der Waals surface area contributed by atoms with Crippen LogP contribution in [0.2, 0.25) is 0 Å². The van der Waals surface area contributed by atoms with Crippen molar-refractivity contribution in [3.63, 3.8) is 0 Å². The minimum atomic E-state index is -0.106. The smallest absolute Gasteiger partial charge is 0.310 e. The number of esters is 1. The molecule has 0 aliphatic carbocycles. The maximum absolute atomic E-state index is 12.1. The molecule has 1 unspecified atom stereocenters. The summed E-state index contributed by atoms with van der Waals surface area (Å²) in [5.41, 5.74) is 1.17. The normalized spacial score (nSPS) is 17.0. The number of rotatable bonds is 9. The predicted octanol–water partition coefficient (Wildman–Crippen LogP) is 2.88. The van der Waals surface area contributed by atoms with Gasteiger partial charge in [-0.25, -0.2) is 0 Å². The number of nitrogens with zero attached hydrogens (tertiary/aromatic N) is 2. The Bertz CT molecular complexity index is 678. The molecule has 1 aromatic carbocycles. The number of hydrogen-bond acceptors (Lipinski definition) is 5. The molecule has 29 heavy (non-hydrogen) atoms. The lowest BCUT2D eigenvalue weighted by Gasteiger charge is -2.34. The highest BCUT2D eigenvalue weighted by atomic mass is 16.5. The molecule has 0 aromatic heterocycles. The number of hydrogen-bond donors (Lipinski definition) is 1. The quantitative estimate of drug-likeness (QED) is 0.387. The van der Waals surface area contributed by atoms with Crippen molar-refractivity contribution < 1.29 is 19.0 Å². The lowest BCUT2D eigenvalue weighted by molar-refractivity contribution is -0.149. The van der Waals surface area contributed by atoms with Gasteiger partial charge in [0.25, 0.3) is 0 Å². The van der Waals surface area contributed by atoms with Gasteiger partial charge in [-0.15, -0.1) is 0 Å². The number of guanidine groups is 1. The Morgan fingerprint density at radius 2 is 1.93 bits per heavy atom. The third-order valence-electron chi connectivity index (χ3n) is 4.86. The predicted molar refractivity (Wildman–Crippen MR) is 115 cm³/mol. The van der Waals surface area contributed by atoms with E-state index in [-0.39, 0.29) is 11.9 Å². The second-order valence-corrected chi connectivity index (χ2v) is 6.91. The van der Waals surface area contributed by atoms with Crippen LogP contribution in [0.25, 0.3) is 0 Å². The van der Waals surface area contributed by atoms with Gasteiger partial charge in [-0.2, -0.15) is 0 Å². The Morgan fingerprint density at radius 3 is 2.62 bits per heavy atom. The number of carbonyl (C=O) groups is 1. The molecule has 1 heterocycles. The van der Waals surface area contributed by atoms with Crippen LogP contribution in [0.4, 0.5) is 0 Å². The topological polar surface area (TPSA) is 72.4 Å². The van der Waals surface area contributed by atoms with E-state index in [9.17, 15) is 4.79 Å². The highest BCUT2D eigenvalue weighted by molar-refractivity contribution is 5.81. The maximum atomic E-state index is 12.1. The summed E-state index contributed by atoms with van der Waals surface area (Å²) in [7, 11) is 1.78. The largest absolute Gasteiger partial charge is 0.490 e. The molecule has 162 valence electrons. The van der Waals surface area contributed by atoms with E-state index in [1.54, 1.807) is 7.05 Å². The van der Waals surface area contributed by atoms with E-state index >= 15 is 0 Å². The first-order valence-corrected chi connectivity index (χ1v) is 10.6. The fourth-order valence-electron chi connectivity index (χ4n) is 3.52. The van der Waals surface area contributed by atoms with Crippen molar-refractivity contribution in [1.82, 2.24) is 10.2 Å². The summed E-state index contributed by atoms with van der Waals surface area (Å²) in [4.78, 5) is 18.6. The van der Waals surface area contributed by atoms with Crippen molar-refractivity contribution in [1.29, 1.82) is 0 Å². The van der Waals surface area contributed by atoms with Crippen molar-refractivity contribution in [3.8, 4) is 11.5 Å². The summed E-state index contributed by atoms with van der Waals surface area (Å²) in [6, 6.07) is 6.07. The fourth-order valence-corrected chi connectivity index (χ4v) is 3.52. The number of ether oxygens (including phenoxy) is 3. The fraction of sp³-hybridized carbons (Fsp3) is 0.636. The number of benzene rings is 1. The average molecular weight is 406 g/mol. The first-order valence-electron chi connectivity index (χ1n) is 10.6. The molecule has 1 N–H and O–H groups in total. The van der Waals surface area contributed by atoms with Gasteiger partial charge < -0.3 is 24.4 Å². The van der Waals surface area contributed by atoms with E-state index in [0.29, 0.717) is 26.4 Å². The summed E-state index contributed by atoms with van der Waals surface area (Å²) in [5, 5.41) is 3.42. The Hall–Kier alpha value is -2.44. The second-order valence-electron chi connectivity index (χ2n) is 6.91. The number of aliphatic imine (C=N–C) groups is 1. The highest BCUT2D eigenvalue weighted by Gasteiger charge is 2.28. The van der Waals surface area contributed by atoms with Gasteiger partial charge in [-0.3, -0.25) is 9.79 Å². The summed E-state index contributed by atoms with van der Waals surface area (Å²) < 4.78 is 16.5. The van der Waals surface area contributed by atoms with Gasteiger partial charge in [0.2, 0.25) is 0 Å². The van der Waals surface area contributed by atoms with E-state index < -0.39 is 0 Å². The van der Waals surface area contributed by atoms with E-state index in [1.807, 2.05) is 32.9 Å². The van der Waals surface area contributed by atoms with Crippen LogP contribution in [-0.4, -0.2) is 63.3 Å². The van der Waals surface area contributed by atoms with Crippen LogP contribution < -0.4 is 14.8 Å². The lowest BCUT2D eigenvalue weighted by atomic mass is 9.98.